The molecule has 2 atom stereocenters. The average molecular weight is 304 g/mol. The van der Waals surface area contributed by atoms with Crippen molar-refractivity contribution in [1.82, 2.24) is 25.6 Å². The molecule has 0 fully saturated rings. The highest BCUT2D eigenvalue weighted by atomic mass is 16.4. The van der Waals surface area contributed by atoms with Gasteiger partial charge in [0.05, 0.1) is 5.92 Å². The summed E-state index contributed by atoms with van der Waals surface area (Å²) in [5.41, 5.74) is 6.47. The number of carboxylic acid groups (broad SMARTS) is 1. The summed E-state index contributed by atoms with van der Waals surface area (Å²) < 4.78 is 0. The summed E-state index contributed by atoms with van der Waals surface area (Å²) in [4.78, 5) is 15.7. The number of nitrogen functional groups attached to an aromatic ring is 1. The van der Waals surface area contributed by atoms with Crippen molar-refractivity contribution in [2.45, 2.75) is 32.6 Å². The minimum atomic E-state index is -0.855. The number of carboxylic acids is 1. The maximum Gasteiger partial charge on any atom is 0.307 e. The molecule has 0 radical (unpaired) electrons. The van der Waals surface area contributed by atoms with Crippen molar-refractivity contribution >= 4 is 11.8 Å². The molecule has 0 aromatic carbocycles. The summed E-state index contributed by atoms with van der Waals surface area (Å²) in [6.07, 6.45) is 2.66. The summed E-state index contributed by atoms with van der Waals surface area (Å²) in [5, 5.41) is 23.5. The molecule has 0 aliphatic heterocycles. The van der Waals surface area contributed by atoms with Crippen molar-refractivity contribution in [3.63, 3.8) is 0 Å². The molecule has 2 heterocycles. The first kappa shape index (κ1) is 15.9. The number of anilines is 1. The molecule has 118 valence electrons. The van der Waals surface area contributed by atoms with E-state index < -0.39 is 11.9 Å². The largest absolute Gasteiger partial charge is 0.481 e. The van der Waals surface area contributed by atoms with Gasteiger partial charge < -0.3 is 10.8 Å². The molecule has 0 saturated carbocycles. The van der Waals surface area contributed by atoms with Gasteiger partial charge in [-0.1, -0.05) is 25.1 Å². The minimum absolute atomic E-state index is 0.250. The molecular weight excluding hydrogens is 284 g/mol. The van der Waals surface area contributed by atoms with E-state index in [1.807, 2.05) is 19.9 Å². The lowest BCUT2D eigenvalue weighted by Crippen LogP contribution is -2.26. The van der Waals surface area contributed by atoms with Crippen molar-refractivity contribution in [3.8, 4) is 0 Å². The summed E-state index contributed by atoms with van der Waals surface area (Å²) in [5.74, 6) is -0.729. The second-order valence-corrected chi connectivity index (χ2v) is 5.75. The van der Waals surface area contributed by atoms with Gasteiger partial charge in [-0.2, -0.15) is 5.21 Å². The lowest BCUT2D eigenvalue weighted by molar-refractivity contribution is -0.143. The fraction of sp³-hybridized carbons (Fsp3) is 0.500. The zero-order valence-electron chi connectivity index (χ0n) is 12.6. The third kappa shape index (κ3) is 4.00. The third-order valence-corrected chi connectivity index (χ3v) is 3.52. The zero-order chi connectivity index (χ0) is 16.1. The van der Waals surface area contributed by atoms with Crippen LogP contribution < -0.4 is 5.73 Å². The number of H-pyrrole nitrogens is 1. The second-order valence-electron chi connectivity index (χ2n) is 5.75. The molecule has 2 aromatic rings. The lowest BCUT2D eigenvalue weighted by atomic mass is 9.81. The summed E-state index contributed by atoms with van der Waals surface area (Å²) in [7, 11) is 0. The van der Waals surface area contributed by atoms with Crippen LogP contribution in [0.2, 0.25) is 0 Å². The van der Waals surface area contributed by atoms with Gasteiger partial charge in [0, 0.05) is 12.1 Å². The molecule has 0 aliphatic carbocycles. The normalized spacial score (nSPS) is 14.0. The van der Waals surface area contributed by atoms with Gasteiger partial charge in [0.1, 0.15) is 5.82 Å². The number of nitrogens with one attached hydrogen (secondary N) is 1. The number of nitrogens with zero attached hydrogens (tertiary/aromatic N) is 4. The molecule has 0 amide bonds. The number of carbonyl (C=O) groups is 1. The molecule has 2 unspecified atom stereocenters. The van der Waals surface area contributed by atoms with Gasteiger partial charge in [-0.25, -0.2) is 4.98 Å². The molecule has 0 bridgehead atoms. The van der Waals surface area contributed by atoms with Gasteiger partial charge in [-0.3, -0.25) is 4.79 Å². The minimum Gasteiger partial charge on any atom is -0.481 e. The Bertz CT molecular complexity index is 596. The molecule has 2 aromatic heterocycles. The molecule has 8 nitrogen and oxygen atoms in total. The van der Waals surface area contributed by atoms with Gasteiger partial charge in [0.15, 0.2) is 5.82 Å². The number of nitrogens with two attached hydrogens (primary N) is 1. The SMILES string of the molecule is CC(C)CC(C(=O)O)C(Cc1ccc(N)nc1)c1nn[nH]n1. The summed E-state index contributed by atoms with van der Waals surface area (Å²) in [6, 6.07) is 3.53. The number of aromatic amines is 1. The van der Waals surface area contributed by atoms with Crippen LogP contribution in [0.1, 0.15) is 37.6 Å². The van der Waals surface area contributed by atoms with Gasteiger partial charge in [0.25, 0.3) is 0 Å². The molecular formula is C14H20N6O2. The second kappa shape index (κ2) is 6.97. The fourth-order valence-corrected chi connectivity index (χ4v) is 2.50. The van der Waals surface area contributed by atoms with E-state index in [1.165, 1.54) is 0 Å². The van der Waals surface area contributed by atoms with Gasteiger partial charge >= 0.3 is 5.97 Å². The van der Waals surface area contributed by atoms with Crippen molar-refractivity contribution < 1.29 is 9.90 Å². The van der Waals surface area contributed by atoms with Crippen LogP contribution in [-0.4, -0.2) is 36.7 Å². The number of aliphatic carboxylic acids is 1. The number of tetrazole rings is 1. The highest BCUT2D eigenvalue weighted by Gasteiger charge is 2.33. The van der Waals surface area contributed by atoms with Crippen molar-refractivity contribution in [2.75, 3.05) is 5.73 Å². The Kier molecular flexibility index (Phi) is 5.03. The Balaban J connectivity index is 2.29. The summed E-state index contributed by atoms with van der Waals surface area (Å²) >= 11 is 0. The third-order valence-electron chi connectivity index (χ3n) is 3.52. The first-order valence-electron chi connectivity index (χ1n) is 7.14. The van der Waals surface area contributed by atoms with E-state index in [4.69, 9.17) is 5.73 Å². The predicted octanol–water partition coefficient (Wildman–Crippen LogP) is 1.25. The number of aromatic nitrogens is 5. The Morgan fingerprint density at radius 3 is 2.68 bits per heavy atom. The zero-order valence-corrected chi connectivity index (χ0v) is 12.6. The van der Waals surface area contributed by atoms with Crippen LogP contribution in [0.25, 0.3) is 0 Å². The van der Waals surface area contributed by atoms with E-state index in [0.29, 0.717) is 24.5 Å². The van der Waals surface area contributed by atoms with E-state index in [2.05, 4.69) is 25.6 Å². The predicted molar refractivity (Wildman–Crippen MR) is 79.9 cm³/mol. The maximum atomic E-state index is 11.7. The van der Waals surface area contributed by atoms with Gasteiger partial charge in [-0.05, 0) is 30.4 Å². The number of hydrogen-bond acceptors (Lipinski definition) is 6. The fourth-order valence-electron chi connectivity index (χ4n) is 2.50. The van der Waals surface area contributed by atoms with Crippen LogP contribution in [0.5, 0.6) is 0 Å². The molecule has 2 rings (SSSR count). The lowest BCUT2D eigenvalue weighted by Gasteiger charge is -2.22. The van der Waals surface area contributed by atoms with Crippen molar-refractivity contribution in [2.24, 2.45) is 11.8 Å². The van der Waals surface area contributed by atoms with Crippen LogP contribution in [0.4, 0.5) is 5.82 Å². The number of hydrogen-bond donors (Lipinski definition) is 3. The van der Waals surface area contributed by atoms with Crippen LogP contribution >= 0.6 is 0 Å². The Hall–Kier alpha value is -2.51. The first-order chi connectivity index (χ1) is 10.5. The van der Waals surface area contributed by atoms with E-state index in [0.717, 1.165) is 5.56 Å². The molecule has 0 spiro atoms. The highest BCUT2D eigenvalue weighted by Crippen LogP contribution is 2.31. The Morgan fingerprint density at radius 1 is 1.41 bits per heavy atom. The van der Waals surface area contributed by atoms with Crippen molar-refractivity contribution in [1.29, 1.82) is 0 Å². The Labute approximate surface area is 128 Å². The van der Waals surface area contributed by atoms with E-state index in [-0.39, 0.29) is 11.8 Å². The molecule has 0 aliphatic rings. The van der Waals surface area contributed by atoms with E-state index in [9.17, 15) is 9.90 Å². The van der Waals surface area contributed by atoms with Crippen LogP contribution in [-0.2, 0) is 11.2 Å². The Morgan fingerprint density at radius 2 is 2.18 bits per heavy atom. The van der Waals surface area contributed by atoms with E-state index >= 15 is 0 Å². The first-order valence-corrected chi connectivity index (χ1v) is 7.14. The van der Waals surface area contributed by atoms with Gasteiger partial charge in [0.2, 0.25) is 0 Å². The topological polar surface area (TPSA) is 131 Å². The monoisotopic (exact) mass is 304 g/mol. The highest BCUT2D eigenvalue weighted by molar-refractivity contribution is 5.71. The molecule has 4 N–H and O–H groups in total. The standard InChI is InChI=1S/C14H20N6O2/c1-8(2)5-11(14(21)22)10(13-17-19-20-18-13)6-9-3-4-12(15)16-7-9/h3-4,7-8,10-11H,5-6H2,1-2H3,(H2,15,16)(H,21,22)(H,17,18,19,20). The molecule has 22 heavy (non-hydrogen) atoms. The number of rotatable bonds is 7. The number of pyridine rings is 1. The smallest absolute Gasteiger partial charge is 0.307 e. The maximum absolute atomic E-state index is 11.7. The quantitative estimate of drug-likeness (QED) is 0.701. The van der Waals surface area contributed by atoms with Gasteiger partial charge in [-0.15, -0.1) is 10.2 Å². The molecule has 8 heteroatoms. The van der Waals surface area contributed by atoms with Crippen LogP contribution in [0.3, 0.4) is 0 Å². The van der Waals surface area contributed by atoms with E-state index in [1.54, 1.807) is 12.3 Å². The average Bonchev–Trinajstić information content (AvgIpc) is 2.98. The molecule has 0 saturated heterocycles. The summed E-state index contributed by atoms with van der Waals surface area (Å²) in [6.45, 7) is 3.99. The van der Waals surface area contributed by atoms with Crippen molar-refractivity contribution in [3.05, 3.63) is 29.7 Å². The van der Waals surface area contributed by atoms with Crippen LogP contribution in [0, 0.1) is 11.8 Å². The van der Waals surface area contributed by atoms with Crippen LogP contribution in [0.15, 0.2) is 18.3 Å².